The number of aryl methyl sites for hydroxylation is 1. The third-order valence-corrected chi connectivity index (χ3v) is 4.57. The second kappa shape index (κ2) is 5.73. The van der Waals surface area contributed by atoms with E-state index in [1.807, 2.05) is 0 Å². The van der Waals surface area contributed by atoms with Gasteiger partial charge in [0.15, 0.2) is 9.84 Å². The standard InChI is InChI=1S/C12H14ClN3O2S/c13-11-8-15-16(9-11)4-5-19(17,18)12-3-1-2-10(6-12)7-14/h1-3,6,8-9H,4-5,7,14H2. The van der Waals surface area contributed by atoms with Crippen LogP contribution >= 0.6 is 11.6 Å². The average molecular weight is 300 g/mol. The van der Waals surface area contributed by atoms with Gasteiger partial charge in [-0.3, -0.25) is 4.68 Å². The van der Waals surface area contributed by atoms with E-state index in [2.05, 4.69) is 5.10 Å². The molecule has 1 aromatic carbocycles. The molecule has 0 amide bonds. The van der Waals surface area contributed by atoms with Gasteiger partial charge in [0.1, 0.15) is 0 Å². The molecular formula is C12H14ClN3O2S. The molecule has 0 aliphatic heterocycles. The first-order valence-corrected chi connectivity index (χ1v) is 7.74. The van der Waals surface area contributed by atoms with E-state index >= 15 is 0 Å². The molecule has 0 saturated heterocycles. The zero-order valence-corrected chi connectivity index (χ0v) is 11.7. The van der Waals surface area contributed by atoms with Crippen molar-refractivity contribution >= 4 is 21.4 Å². The molecule has 2 aromatic rings. The number of aromatic nitrogens is 2. The molecule has 0 atom stereocenters. The highest BCUT2D eigenvalue weighted by Gasteiger charge is 2.15. The topological polar surface area (TPSA) is 78.0 Å². The quantitative estimate of drug-likeness (QED) is 0.907. The van der Waals surface area contributed by atoms with Gasteiger partial charge < -0.3 is 5.73 Å². The molecule has 2 N–H and O–H groups in total. The maximum atomic E-state index is 12.2. The molecule has 5 nitrogen and oxygen atoms in total. The van der Waals surface area contributed by atoms with Gasteiger partial charge >= 0.3 is 0 Å². The molecule has 19 heavy (non-hydrogen) atoms. The van der Waals surface area contributed by atoms with Gasteiger partial charge in [-0.2, -0.15) is 5.10 Å². The number of hydrogen-bond donors (Lipinski definition) is 1. The van der Waals surface area contributed by atoms with Crippen LogP contribution in [0.2, 0.25) is 5.02 Å². The van der Waals surface area contributed by atoms with Crippen LogP contribution in [-0.2, 0) is 22.9 Å². The minimum Gasteiger partial charge on any atom is -0.326 e. The van der Waals surface area contributed by atoms with Gasteiger partial charge in [-0.25, -0.2) is 8.42 Å². The number of hydrogen-bond acceptors (Lipinski definition) is 4. The van der Waals surface area contributed by atoms with E-state index in [1.165, 1.54) is 10.9 Å². The predicted octanol–water partition coefficient (Wildman–Crippen LogP) is 1.47. The first kappa shape index (κ1) is 14.0. The van der Waals surface area contributed by atoms with Crippen LogP contribution in [0.15, 0.2) is 41.6 Å². The Morgan fingerprint density at radius 2 is 2.16 bits per heavy atom. The SMILES string of the molecule is NCc1cccc(S(=O)(=O)CCn2cc(Cl)cn2)c1. The molecular weight excluding hydrogens is 286 g/mol. The summed E-state index contributed by atoms with van der Waals surface area (Å²) in [7, 11) is -3.34. The van der Waals surface area contributed by atoms with Gasteiger partial charge in [0, 0.05) is 12.7 Å². The zero-order valence-electron chi connectivity index (χ0n) is 10.2. The monoisotopic (exact) mass is 299 g/mol. The average Bonchev–Trinajstić information content (AvgIpc) is 2.82. The van der Waals surface area contributed by atoms with Crippen molar-refractivity contribution in [2.24, 2.45) is 5.73 Å². The lowest BCUT2D eigenvalue weighted by Crippen LogP contribution is -2.14. The molecule has 0 saturated carbocycles. The van der Waals surface area contributed by atoms with Crippen molar-refractivity contribution in [3.63, 3.8) is 0 Å². The van der Waals surface area contributed by atoms with Gasteiger partial charge in [0.2, 0.25) is 0 Å². The Morgan fingerprint density at radius 1 is 1.37 bits per heavy atom. The molecule has 0 aliphatic rings. The normalized spacial score (nSPS) is 11.7. The third kappa shape index (κ3) is 3.56. The summed E-state index contributed by atoms with van der Waals surface area (Å²) in [6.07, 6.45) is 3.07. The number of rotatable bonds is 5. The van der Waals surface area contributed by atoms with Crippen LogP contribution in [0.1, 0.15) is 5.56 Å². The summed E-state index contributed by atoms with van der Waals surface area (Å²) < 4.78 is 25.8. The highest BCUT2D eigenvalue weighted by molar-refractivity contribution is 7.91. The lowest BCUT2D eigenvalue weighted by Gasteiger charge is -2.06. The van der Waals surface area contributed by atoms with E-state index in [1.54, 1.807) is 30.5 Å². The number of nitrogens with zero attached hydrogens (tertiary/aromatic N) is 2. The van der Waals surface area contributed by atoms with Crippen molar-refractivity contribution in [2.75, 3.05) is 5.75 Å². The Kier molecular flexibility index (Phi) is 4.24. The zero-order chi connectivity index (χ0) is 13.9. The molecule has 0 aliphatic carbocycles. The number of sulfone groups is 1. The lowest BCUT2D eigenvalue weighted by atomic mass is 10.2. The lowest BCUT2D eigenvalue weighted by molar-refractivity contribution is 0.580. The van der Waals surface area contributed by atoms with Crippen molar-refractivity contribution in [1.82, 2.24) is 9.78 Å². The minimum atomic E-state index is -3.34. The smallest absolute Gasteiger partial charge is 0.180 e. The highest BCUT2D eigenvalue weighted by Crippen LogP contribution is 2.14. The molecule has 1 aromatic heterocycles. The molecule has 0 unspecified atom stereocenters. The number of nitrogens with two attached hydrogens (primary N) is 1. The first-order valence-electron chi connectivity index (χ1n) is 5.71. The molecule has 0 spiro atoms. The highest BCUT2D eigenvalue weighted by atomic mass is 35.5. The summed E-state index contributed by atoms with van der Waals surface area (Å²) in [6.45, 7) is 0.583. The fraction of sp³-hybridized carbons (Fsp3) is 0.250. The van der Waals surface area contributed by atoms with Gasteiger partial charge in [-0.15, -0.1) is 0 Å². The van der Waals surface area contributed by atoms with Crippen molar-refractivity contribution in [3.05, 3.63) is 47.2 Å². The Morgan fingerprint density at radius 3 is 2.79 bits per heavy atom. The van der Waals surface area contributed by atoms with Crippen LogP contribution in [0.25, 0.3) is 0 Å². The van der Waals surface area contributed by atoms with E-state index in [0.29, 0.717) is 11.6 Å². The molecule has 7 heteroatoms. The minimum absolute atomic E-state index is 0.0287. The van der Waals surface area contributed by atoms with Crippen LogP contribution in [0.3, 0.4) is 0 Å². The fourth-order valence-electron chi connectivity index (χ4n) is 1.66. The summed E-state index contributed by atoms with van der Waals surface area (Å²) in [6, 6.07) is 6.67. The van der Waals surface area contributed by atoms with Crippen LogP contribution in [-0.4, -0.2) is 24.0 Å². The second-order valence-corrected chi connectivity index (χ2v) is 6.64. The molecule has 1 heterocycles. The van der Waals surface area contributed by atoms with Gasteiger partial charge in [-0.1, -0.05) is 23.7 Å². The predicted molar refractivity (Wildman–Crippen MR) is 73.6 cm³/mol. The Balaban J connectivity index is 2.13. The van der Waals surface area contributed by atoms with Crippen molar-refractivity contribution in [3.8, 4) is 0 Å². The maximum absolute atomic E-state index is 12.2. The summed E-state index contributed by atoms with van der Waals surface area (Å²) >= 11 is 5.72. The summed E-state index contributed by atoms with van der Waals surface area (Å²) in [4.78, 5) is 0.286. The van der Waals surface area contributed by atoms with E-state index in [9.17, 15) is 8.42 Å². The third-order valence-electron chi connectivity index (χ3n) is 2.68. The number of halogens is 1. The van der Waals surface area contributed by atoms with Gasteiger partial charge in [0.05, 0.1) is 28.4 Å². The fourth-order valence-corrected chi connectivity index (χ4v) is 3.09. The van der Waals surface area contributed by atoms with Crippen LogP contribution in [0.5, 0.6) is 0 Å². The van der Waals surface area contributed by atoms with Crippen molar-refractivity contribution in [1.29, 1.82) is 0 Å². The summed E-state index contributed by atoms with van der Waals surface area (Å²) in [5.41, 5.74) is 6.30. The summed E-state index contributed by atoms with van der Waals surface area (Å²) in [5.74, 6) is -0.0287. The molecule has 0 bridgehead atoms. The van der Waals surface area contributed by atoms with Crippen LogP contribution in [0.4, 0.5) is 0 Å². The Hall–Kier alpha value is -1.37. The molecule has 0 radical (unpaired) electrons. The molecule has 102 valence electrons. The van der Waals surface area contributed by atoms with Gasteiger partial charge in [0.25, 0.3) is 0 Å². The largest absolute Gasteiger partial charge is 0.326 e. The molecule has 0 fully saturated rings. The first-order chi connectivity index (χ1) is 9.01. The van der Waals surface area contributed by atoms with E-state index in [0.717, 1.165) is 5.56 Å². The van der Waals surface area contributed by atoms with Gasteiger partial charge in [-0.05, 0) is 17.7 Å². The molecule has 2 rings (SSSR count). The van der Waals surface area contributed by atoms with Crippen molar-refractivity contribution in [2.45, 2.75) is 18.0 Å². The van der Waals surface area contributed by atoms with Crippen molar-refractivity contribution < 1.29 is 8.42 Å². The summed E-state index contributed by atoms with van der Waals surface area (Å²) in [5, 5.41) is 4.43. The maximum Gasteiger partial charge on any atom is 0.180 e. The van der Waals surface area contributed by atoms with E-state index in [-0.39, 0.29) is 17.2 Å². The van der Waals surface area contributed by atoms with Crippen LogP contribution < -0.4 is 5.73 Å². The Bertz CT molecular complexity index is 667. The van der Waals surface area contributed by atoms with E-state index in [4.69, 9.17) is 17.3 Å². The Labute approximate surface area is 116 Å². The van der Waals surface area contributed by atoms with Crippen LogP contribution in [0, 0.1) is 0 Å². The number of benzene rings is 1. The second-order valence-electron chi connectivity index (χ2n) is 4.09. The van der Waals surface area contributed by atoms with E-state index < -0.39 is 9.84 Å².